The third kappa shape index (κ3) is 3.25. The summed E-state index contributed by atoms with van der Waals surface area (Å²) in [5, 5.41) is 3.28. The summed E-state index contributed by atoms with van der Waals surface area (Å²) < 4.78 is 11.2. The molecule has 1 N–H and O–H groups in total. The maximum Gasteiger partial charge on any atom is 0.161 e. The molecule has 4 nitrogen and oxygen atoms in total. The summed E-state index contributed by atoms with van der Waals surface area (Å²) in [4.78, 5) is 2.57. The number of fused-ring (bicyclic) bond motifs is 1. The van der Waals surface area contributed by atoms with Crippen LogP contribution in [-0.4, -0.2) is 51.3 Å². The summed E-state index contributed by atoms with van der Waals surface area (Å²) in [6.07, 6.45) is 2.41. The fourth-order valence-electron chi connectivity index (χ4n) is 3.10. The molecule has 20 heavy (non-hydrogen) atoms. The number of benzene rings is 1. The van der Waals surface area contributed by atoms with Gasteiger partial charge in [0.2, 0.25) is 0 Å². The lowest BCUT2D eigenvalue weighted by atomic mass is 10.1. The second-order valence-corrected chi connectivity index (χ2v) is 5.74. The summed E-state index contributed by atoms with van der Waals surface area (Å²) in [6, 6.07) is 6.34. The second-order valence-electron chi connectivity index (χ2n) is 5.74. The van der Waals surface area contributed by atoms with Crippen molar-refractivity contribution in [1.29, 1.82) is 0 Å². The van der Waals surface area contributed by atoms with Crippen LogP contribution in [0.15, 0.2) is 18.2 Å². The Balaban J connectivity index is 1.51. The third-order valence-electron chi connectivity index (χ3n) is 4.19. The van der Waals surface area contributed by atoms with Gasteiger partial charge in [-0.15, -0.1) is 0 Å². The van der Waals surface area contributed by atoms with E-state index in [1.54, 1.807) is 0 Å². The SMILES string of the molecule is CNCC1CCN(CCc2ccc3c(c2)OCCO3)C1. The highest BCUT2D eigenvalue weighted by Gasteiger charge is 2.21. The van der Waals surface area contributed by atoms with E-state index in [0.717, 1.165) is 36.9 Å². The highest BCUT2D eigenvalue weighted by Crippen LogP contribution is 2.31. The summed E-state index contributed by atoms with van der Waals surface area (Å²) in [6.45, 7) is 6.06. The van der Waals surface area contributed by atoms with Crippen LogP contribution in [0, 0.1) is 5.92 Å². The van der Waals surface area contributed by atoms with Gasteiger partial charge >= 0.3 is 0 Å². The molecular weight excluding hydrogens is 252 g/mol. The van der Waals surface area contributed by atoms with Gasteiger partial charge in [0, 0.05) is 13.1 Å². The standard InChI is InChI=1S/C16H24N2O2/c1-17-11-14-5-7-18(12-14)6-4-13-2-3-15-16(10-13)20-9-8-19-15/h2-3,10,14,17H,4-9,11-12H2,1H3. The van der Waals surface area contributed by atoms with Gasteiger partial charge in [0.25, 0.3) is 0 Å². The molecule has 2 heterocycles. The van der Waals surface area contributed by atoms with Gasteiger partial charge in [0.05, 0.1) is 0 Å². The lowest BCUT2D eigenvalue weighted by Crippen LogP contribution is -2.26. The van der Waals surface area contributed by atoms with Crippen molar-refractivity contribution in [2.24, 2.45) is 5.92 Å². The van der Waals surface area contributed by atoms with Crippen LogP contribution in [0.4, 0.5) is 0 Å². The average molecular weight is 276 g/mol. The van der Waals surface area contributed by atoms with Crippen molar-refractivity contribution in [3.63, 3.8) is 0 Å². The van der Waals surface area contributed by atoms with E-state index in [1.165, 1.54) is 25.1 Å². The van der Waals surface area contributed by atoms with Crippen LogP contribution in [-0.2, 0) is 6.42 Å². The van der Waals surface area contributed by atoms with Crippen molar-refractivity contribution >= 4 is 0 Å². The molecule has 0 saturated carbocycles. The maximum atomic E-state index is 5.64. The number of hydrogen-bond acceptors (Lipinski definition) is 4. The fourth-order valence-corrected chi connectivity index (χ4v) is 3.10. The number of nitrogens with one attached hydrogen (secondary N) is 1. The Kier molecular flexibility index (Phi) is 4.43. The maximum absolute atomic E-state index is 5.64. The zero-order chi connectivity index (χ0) is 13.8. The van der Waals surface area contributed by atoms with Crippen LogP contribution in [0.2, 0.25) is 0 Å². The Bertz CT molecular complexity index is 450. The molecule has 1 atom stereocenters. The van der Waals surface area contributed by atoms with Gasteiger partial charge in [-0.05, 0) is 56.6 Å². The lowest BCUT2D eigenvalue weighted by Gasteiger charge is -2.20. The molecule has 4 heteroatoms. The zero-order valence-electron chi connectivity index (χ0n) is 12.2. The van der Waals surface area contributed by atoms with Gasteiger partial charge in [0.15, 0.2) is 11.5 Å². The van der Waals surface area contributed by atoms with E-state index >= 15 is 0 Å². The Morgan fingerprint density at radius 1 is 1.25 bits per heavy atom. The van der Waals surface area contributed by atoms with Crippen LogP contribution in [0.25, 0.3) is 0 Å². The van der Waals surface area contributed by atoms with Crippen LogP contribution in [0.1, 0.15) is 12.0 Å². The Morgan fingerprint density at radius 3 is 2.95 bits per heavy atom. The molecule has 0 spiro atoms. The van der Waals surface area contributed by atoms with Gasteiger partial charge in [-0.2, -0.15) is 0 Å². The molecule has 3 rings (SSSR count). The van der Waals surface area contributed by atoms with Crippen LogP contribution in [0.5, 0.6) is 11.5 Å². The normalized spacial score (nSPS) is 22.1. The van der Waals surface area contributed by atoms with E-state index in [1.807, 2.05) is 13.1 Å². The molecule has 110 valence electrons. The van der Waals surface area contributed by atoms with Crippen molar-refractivity contribution in [2.75, 3.05) is 46.4 Å². The van der Waals surface area contributed by atoms with E-state index in [2.05, 4.69) is 22.3 Å². The first kappa shape index (κ1) is 13.7. The largest absolute Gasteiger partial charge is 0.486 e. The van der Waals surface area contributed by atoms with Crippen molar-refractivity contribution in [3.8, 4) is 11.5 Å². The number of nitrogens with zero attached hydrogens (tertiary/aromatic N) is 1. The molecule has 1 aromatic carbocycles. The van der Waals surface area contributed by atoms with Gasteiger partial charge in [-0.25, -0.2) is 0 Å². The summed E-state index contributed by atoms with van der Waals surface area (Å²) >= 11 is 0. The van der Waals surface area contributed by atoms with Gasteiger partial charge in [0.1, 0.15) is 13.2 Å². The summed E-state index contributed by atoms with van der Waals surface area (Å²) in [5.74, 6) is 2.61. The predicted octanol–water partition coefficient (Wildman–Crippen LogP) is 1.54. The third-order valence-corrected chi connectivity index (χ3v) is 4.19. The van der Waals surface area contributed by atoms with E-state index in [4.69, 9.17) is 9.47 Å². The molecule has 0 bridgehead atoms. The molecule has 0 radical (unpaired) electrons. The molecule has 0 aliphatic carbocycles. The first-order chi connectivity index (χ1) is 9.85. The highest BCUT2D eigenvalue weighted by molar-refractivity contribution is 5.43. The molecule has 1 aromatic rings. The van der Waals surface area contributed by atoms with Crippen molar-refractivity contribution < 1.29 is 9.47 Å². The van der Waals surface area contributed by atoms with Gasteiger partial charge in [-0.3, -0.25) is 0 Å². The van der Waals surface area contributed by atoms with Gasteiger partial charge < -0.3 is 19.7 Å². The Hall–Kier alpha value is -1.26. The first-order valence-corrected chi connectivity index (χ1v) is 7.60. The Morgan fingerprint density at radius 2 is 2.10 bits per heavy atom. The molecule has 0 aromatic heterocycles. The van der Waals surface area contributed by atoms with Crippen molar-refractivity contribution in [3.05, 3.63) is 23.8 Å². The molecule has 2 aliphatic heterocycles. The minimum atomic E-state index is 0.660. The second kappa shape index (κ2) is 6.46. The Labute approximate surface area is 121 Å². The number of likely N-dealkylation sites (tertiary alicyclic amines) is 1. The molecule has 2 aliphatic rings. The van der Waals surface area contributed by atoms with Crippen LogP contribution < -0.4 is 14.8 Å². The molecule has 1 unspecified atom stereocenters. The lowest BCUT2D eigenvalue weighted by molar-refractivity contribution is 0.171. The quantitative estimate of drug-likeness (QED) is 0.884. The minimum absolute atomic E-state index is 0.660. The fraction of sp³-hybridized carbons (Fsp3) is 0.625. The summed E-state index contributed by atoms with van der Waals surface area (Å²) in [5.41, 5.74) is 1.34. The van der Waals surface area contributed by atoms with E-state index in [9.17, 15) is 0 Å². The monoisotopic (exact) mass is 276 g/mol. The van der Waals surface area contributed by atoms with Crippen LogP contribution in [0.3, 0.4) is 0 Å². The van der Waals surface area contributed by atoms with Crippen molar-refractivity contribution in [2.45, 2.75) is 12.8 Å². The minimum Gasteiger partial charge on any atom is -0.486 e. The van der Waals surface area contributed by atoms with E-state index in [0.29, 0.717) is 13.2 Å². The van der Waals surface area contributed by atoms with Gasteiger partial charge in [-0.1, -0.05) is 6.07 Å². The van der Waals surface area contributed by atoms with Crippen molar-refractivity contribution in [1.82, 2.24) is 10.2 Å². The van der Waals surface area contributed by atoms with E-state index in [-0.39, 0.29) is 0 Å². The smallest absolute Gasteiger partial charge is 0.161 e. The number of hydrogen-bond donors (Lipinski definition) is 1. The van der Waals surface area contributed by atoms with Crippen LogP contribution >= 0.6 is 0 Å². The number of rotatable bonds is 5. The highest BCUT2D eigenvalue weighted by atomic mass is 16.6. The summed E-state index contributed by atoms with van der Waals surface area (Å²) in [7, 11) is 2.04. The predicted molar refractivity (Wildman–Crippen MR) is 79.6 cm³/mol. The average Bonchev–Trinajstić information content (AvgIpc) is 2.93. The molecule has 1 fully saturated rings. The molecule has 0 amide bonds. The first-order valence-electron chi connectivity index (χ1n) is 7.60. The topological polar surface area (TPSA) is 33.7 Å². The zero-order valence-corrected chi connectivity index (χ0v) is 12.2. The molecular formula is C16H24N2O2. The van der Waals surface area contributed by atoms with E-state index < -0.39 is 0 Å². The molecule has 1 saturated heterocycles. The number of ether oxygens (including phenoxy) is 2.